The summed E-state index contributed by atoms with van der Waals surface area (Å²) in [5.41, 5.74) is 7.17. The number of hydrogen-bond acceptors (Lipinski definition) is 4. The normalized spacial score (nSPS) is 26.1. The van der Waals surface area contributed by atoms with Crippen molar-refractivity contribution < 1.29 is 9.90 Å². The Labute approximate surface area is 174 Å². The molecule has 1 aromatic rings. The van der Waals surface area contributed by atoms with Crippen molar-refractivity contribution in [2.75, 3.05) is 19.6 Å². The van der Waals surface area contributed by atoms with Gasteiger partial charge in [-0.05, 0) is 56.7 Å². The van der Waals surface area contributed by atoms with Crippen LogP contribution in [0.3, 0.4) is 0 Å². The quantitative estimate of drug-likeness (QED) is 0.663. The fourth-order valence-electron chi connectivity index (χ4n) is 4.08. The number of aliphatic hydroxyl groups is 1. The number of piperidine rings is 1. The summed E-state index contributed by atoms with van der Waals surface area (Å²) in [6, 6.07) is 10.4. The highest BCUT2D eigenvalue weighted by Crippen LogP contribution is 2.25. The summed E-state index contributed by atoms with van der Waals surface area (Å²) in [6.07, 6.45) is 4.04. The third kappa shape index (κ3) is 7.24. The van der Waals surface area contributed by atoms with Gasteiger partial charge in [-0.15, -0.1) is 24.8 Å². The van der Waals surface area contributed by atoms with Crippen molar-refractivity contribution in [1.29, 1.82) is 0 Å². The molecule has 0 aromatic heterocycles. The van der Waals surface area contributed by atoms with Gasteiger partial charge in [-0.2, -0.15) is 0 Å². The van der Waals surface area contributed by atoms with Crippen LogP contribution in [-0.4, -0.2) is 47.7 Å². The monoisotopic (exact) mass is 417 g/mol. The Bertz CT molecular complexity index is 543. The first kappa shape index (κ1) is 24.2. The average molecular weight is 418 g/mol. The van der Waals surface area contributed by atoms with Gasteiger partial charge >= 0.3 is 0 Å². The van der Waals surface area contributed by atoms with Crippen LogP contribution in [0.1, 0.15) is 37.7 Å². The summed E-state index contributed by atoms with van der Waals surface area (Å²) in [4.78, 5) is 14.7. The fraction of sp³-hybridized carbons (Fsp3) is 0.650. The van der Waals surface area contributed by atoms with Crippen LogP contribution in [0.25, 0.3) is 0 Å². The van der Waals surface area contributed by atoms with Gasteiger partial charge in [0.15, 0.2) is 0 Å². The van der Waals surface area contributed by atoms with E-state index >= 15 is 0 Å². The van der Waals surface area contributed by atoms with Gasteiger partial charge in [0.1, 0.15) is 0 Å². The summed E-state index contributed by atoms with van der Waals surface area (Å²) < 4.78 is 0. The third-order valence-corrected chi connectivity index (χ3v) is 5.76. The van der Waals surface area contributed by atoms with E-state index in [-0.39, 0.29) is 42.7 Å². The van der Waals surface area contributed by atoms with E-state index in [1.54, 1.807) is 0 Å². The molecule has 0 spiro atoms. The zero-order valence-corrected chi connectivity index (χ0v) is 17.4. The SMILES string of the molecule is Cl.Cl.N[C@@H]1C[C@H](C(=O)NCCC2CCN(Cc3ccccc3)CC2)C[C@H]1O. The van der Waals surface area contributed by atoms with E-state index in [1.807, 2.05) is 0 Å². The molecule has 1 amide bonds. The zero-order chi connectivity index (χ0) is 17.6. The molecule has 1 saturated carbocycles. The standard InChI is InChI=1S/C20H31N3O2.2ClH/c21-18-12-17(13-19(18)24)20(25)22-9-6-15-7-10-23(11-8-15)14-16-4-2-1-3-5-16;;/h1-5,15,17-19,24H,6-14,21H2,(H,22,25);2*1H/t17-,18+,19+;;/m0../s1. The molecule has 0 bridgehead atoms. The maximum atomic E-state index is 12.1. The number of rotatable bonds is 6. The second-order valence-corrected chi connectivity index (χ2v) is 7.68. The maximum absolute atomic E-state index is 12.1. The van der Waals surface area contributed by atoms with E-state index in [0.717, 1.165) is 32.6 Å². The summed E-state index contributed by atoms with van der Waals surface area (Å²) in [6.45, 7) is 4.05. The second kappa shape index (κ2) is 11.9. The van der Waals surface area contributed by atoms with E-state index in [2.05, 4.69) is 40.5 Å². The predicted molar refractivity (Wildman–Crippen MR) is 113 cm³/mol. The molecule has 5 nitrogen and oxygen atoms in total. The lowest BCUT2D eigenvalue weighted by Gasteiger charge is -2.32. The minimum Gasteiger partial charge on any atom is -0.391 e. The molecule has 1 aliphatic heterocycles. The predicted octanol–water partition coefficient (Wildman–Crippen LogP) is 2.35. The molecule has 3 atom stereocenters. The van der Waals surface area contributed by atoms with Crippen LogP contribution in [0.4, 0.5) is 0 Å². The van der Waals surface area contributed by atoms with Crippen molar-refractivity contribution >= 4 is 30.7 Å². The van der Waals surface area contributed by atoms with Crippen molar-refractivity contribution in [3.05, 3.63) is 35.9 Å². The molecule has 1 heterocycles. The van der Waals surface area contributed by atoms with Crippen LogP contribution in [0.5, 0.6) is 0 Å². The number of carbonyl (C=O) groups is 1. The molecule has 3 rings (SSSR count). The number of aliphatic hydroxyl groups excluding tert-OH is 1. The van der Waals surface area contributed by atoms with Gasteiger partial charge in [0.05, 0.1) is 6.10 Å². The number of amides is 1. The van der Waals surface area contributed by atoms with Crippen molar-refractivity contribution in [2.45, 2.75) is 50.8 Å². The highest BCUT2D eigenvalue weighted by Gasteiger charge is 2.34. The van der Waals surface area contributed by atoms with Gasteiger partial charge in [0.2, 0.25) is 5.91 Å². The first-order valence-corrected chi connectivity index (χ1v) is 9.59. The summed E-state index contributed by atoms with van der Waals surface area (Å²) in [5.74, 6) is 0.648. The van der Waals surface area contributed by atoms with Crippen LogP contribution in [0.2, 0.25) is 0 Å². The van der Waals surface area contributed by atoms with Gasteiger partial charge in [0, 0.05) is 25.0 Å². The first-order chi connectivity index (χ1) is 12.1. The fourth-order valence-corrected chi connectivity index (χ4v) is 4.08. The number of nitrogens with one attached hydrogen (secondary N) is 1. The molecule has 1 aromatic carbocycles. The summed E-state index contributed by atoms with van der Waals surface area (Å²) in [5, 5.41) is 12.7. The Hall–Kier alpha value is -0.850. The number of nitrogens with two attached hydrogens (primary N) is 1. The van der Waals surface area contributed by atoms with E-state index in [4.69, 9.17) is 5.73 Å². The third-order valence-electron chi connectivity index (χ3n) is 5.76. The molecular formula is C20H33Cl2N3O2. The van der Waals surface area contributed by atoms with Crippen molar-refractivity contribution in [3.63, 3.8) is 0 Å². The highest BCUT2D eigenvalue weighted by molar-refractivity contribution is 5.85. The lowest BCUT2D eigenvalue weighted by molar-refractivity contribution is -0.125. The number of likely N-dealkylation sites (tertiary alicyclic amines) is 1. The van der Waals surface area contributed by atoms with Crippen LogP contribution in [-0.2, 0) is 11.3 Å². The second-order valence-electron chi connectivity index (χ2n) is 7.68. The molecule has 1 saturated heterocycles. The van der Waals surface area contributed by atoms with E-state index in [0.29, 0.717) is 18.8 Å². The van der Waals surface area contributed by atoms with E-state index < -0.39 is 6.10 Å². The van der Waals surface area contributed by atoms with Crippen LogP contribution >= 0.6 is 24.8 Å². The van der Waals surface area contributed by atoms with E-state index in [1.165, 1.54) is 18.4 Å². The number of benzene rings is 1. The molecule has 0 radical (unpaired) electrons. The van der Waals surface area contributed by atoms with Crippen LogP contribution in [0, 0.1) is 11.8 Å². The Kier molecular flexibility index (Phi) is 10.6. The highest BCUT2D eigenvalue weighted by atomic mass is 35.5. The molecule has 154 valence electrons. The number of nitrogens with zero attached hydrogens (tertiary/aromatic N) is 1. The molecule has 27 heavy (non-hydrogen) atoms. The number of halogens is 2. The zero-order valence-electron chi connectivity index (χ0n) is 15.8. The average Bonchev–Trinajstić information content (AvgIpc) is 2.96. The topological polar surface area (TPSA) is 78.6 Å². The van der Waals surface area contributed by atoms with Crippen molar-refractivity contribution in [2.24, 2.45) is 17.6 Å². The maximum Gasteiger partial charge on any atom is 0.223 e. The van der Waals surface area contributed by atoms with Gasteiger partial charge < -0.3 is 16.2 Å². The van der Waals surface area contributed by atoms with Gasteiger partial charge in [0.25, 0.3) is 0 Å². The Morgan fingerprint density at radius 3 is 2.41 bits per heavy atom. The Morgan fingerprint density at radius 1 is 1.15 bits per heavy atom. The largest absolute Gasteiger partial charge is 0.391 e. The number of hydrogen-bond donors (Lipinski definition) is 3. The molecular weight excluding hydrogens is 385 g/mol. The van der Waals surface area contributed by atoms with Gasteiger partial charge in [-0.1, -0.05) is 30.3 Å². The molecule has 4 N–H and O–H groups in total. The molecule has 0 unspecified atom stereocenters. The smallest absolute Gasteiger partial charge is 0.223 e. The lowest BCUT2D eigenvalue weighted by Crippen LogP contribution is -2.36. The van der Waals surface area contributed by atoms with Crippen molar-refractivity contribution in [3.8, 4) is 0 Å². The Morgan fingerprint density at radius 2 is 1.81 bits per heavy atom. The van der Waals surface area contributed by atoms with Crippen LogP contribution in [0.15, 0.2) is 30.3 Å². The molecule has 1 aliphatic carbocycles. The molecule has 2 aliphatic rings. The molecule has 7 heteroatoms. The minimum atomic E-state index is -0.523. The first-order valence-electron chi connectivity index (χ1n) is 9.59. The lowest BCUT2D eigenvalue weighted by atomic mass is 9.93. The van der Waals surface area contributed by atoms with Gasteiger partial charge in [-0.25, -0.2) is 0 Å². The number of carbonyl (C=O) groups excluding carboxylic acids is 1. The minimum absolute atomic E-state index is 0. The van der Waals surface area contributed by atoms with Gasteiger partial charge in [-0.3, -0.25) is 9.69 Å². The Balaban J connectivity index is 0.00000182. The summed E-state index contributed by atoms with van der Waals surface area (Å²) in [7, 11) is 0. The molecule has 2 fully saturated rings. The van der Waals surface area contributed by atoms with Crippen LogP contribution < -0.4 is 11.1 Å². The van der Waals surface area contributed by atoms with E-state index in [9.17, 15) is 9.90 Å². The van der Waals surface area contributed by atoms with Crippen molar-refractivity contribution in [1.82, 2.24) is 10.2 Å². The summed E-state index contributed by atoms with van der Waals surface area (Å²) >= 11 is 0.